The number of carbonyl (C=O) groups excluding carboxylic acids is 2. The third-order valence-electron chi connectivity index (χ3n) is 6.06. The van der Waals surface area contributed by atoms with E-state index in [4.69, 9.17) is 0 Å². The average Bonchev–Trinajstić information content (AvgIpc) is 3.63. The summed E-state index contributed by atoms with van der Waals surface area (Å²) < 4.78 is 82.5. The number of hydrogen-bond acceptors (Lipinski definition) is 7. The second-order valence-electron chi connectivity index (χ2n) is 9.57. The summed E-state index contributed by atoms with van der Waals surface area (Å²) in [7, 11) is 0. The van der Waals surface area contributed by atoms with Gasteiger partial charge in [0.2, 0.25) is 0 Å². The van der Waals surface area contributed by atoms with Gasteiger partial charge in [-0.05, 0) is 23.8 Å². The first-order chi connectivity index (χ1) is 20.3. The molecular formula is C26H25F6N9O2. The Morgan fingerprint density at radius 1 is 0.884 bits per heavy atom. The Bertz CT molecular complexity index is 1560. The van der Waals surface area contributed by atoms with Crippen molar-refractivity contribution in [1.82, 2.24) is 45.6 Å². The van der Waals surface area contributed by atoms with E-state index in [0.717, 1.165) is 29.9 Å². The highest BCUT2D eigenvalue weighted by atomic mass is 19.4. The third kappa shape index (κ3) is 8.83. The summed E-state index contributed by atoms with van der Waals surface area (Å²) in [6.45, 7) is 0.281. The largest absolute Gasteiger partial charge is 0.416 e. The van der Waals surface area contributed by atoms with Gasteiger partial charge in [0.05, 0.1) is 36.7 Å². The van der Waals surface area contributed by atoms with Crippen LogP contribution in [-0.2, 0) is 38.3 Å². The van der Waals surface area contributed by atoms with Crippen LogP contribution in [0.2, 0.25) is 0 Å². The minimum Gasteiger partial charge on any atom is -0.347 e. The molecule has 228 valence electrons. The van der Waals surface area contributed by atoms with Crippen molar-refractivity contribution in [3.63, 3.8) is 0 Å². The standard InChI is InChI=1S/C26H25F6N9O2/c1-25(28,29)17-4-2-3-16(9-17)11-34-23(42)21-14-40(38-36-21)8-6-19(27)13-41-15-22(37-39-41)24(43)35-12-20-10-18(5-7-33-20)26(30,31)32/h2-5,7,9-10,14-15,19H,6,8,11-13H2,1H3,(H,34,42)(H,35,43). The van der Waals surface area contributed by atoms with Crippen molar-refractivity contribution in [2.75, 3.05) is 0 Å². The van der Waals surface area contributed by atoms with Crippen LogP contribution in [0.3, 0.4) is 0 Å². The van der Waals surface area contributed by atoms with Crippen LogP contribution in [0.5, 0.6) is 0 Å². The van der Waals surface area contributed by atoms with Crippen molar-refractivity contribution in [1.29, 1.82) is 0 Å². The number of rotatable bonds is 12. The normalized spacial score (nSPS) is 12.6. The van der Waals surface area contributed by atoms with Crippen molar-refractivity contribution in [2.24, 2.45) is 0 Å². The maximum Gasteiger partial charge on any atom is 0.416 e. The topological polar surface area (TPSA) is 133 Å². The van der Waals surface area contributed by atoms with Gasteiger partial charge in [-0.1, -0.05) is 28.6 Å². The smallest absolute Gasteiger partial charge is 0.347 e. The molecule has 1 aromatic carbocycles. The first-order valence-electron chi connectivity index (χ1n) is 12.8. The predicted molar refractivity (Wildman–Crippen MR) is 137 cm³/mol. The first-order valence-corrected chi connectivity index (χ1v) is 12.8. The summed E-state index contributed by atoms with van der Waals surface area (Å²) in [6.07, 6.45) is -2.56. The SMILES string of the molecule is CC(F)(F)c1cccc(CNC(=O)c2cn(CCC(F)Cn3cc(C(=O)NCc4cc(C(F)(F)F)ccn4)nn3)nn2)c1. The van der Waals surface area contributed by atoms with Gasteiger partial charge in [-0.3, -0.25) is 19.3 Å². The lowest BCUT2D eigenvalue weighted by Crippen LogP contribution is -2.24. The van der Waals surface area contributed by atoms with Gasteiger partial charge in [-0.2, -0.15) is 13.2 Å². The Hall–Kier alpha value is -4.83. The molecule has 0 radical (unpaired) electrons. The van der Waals surface area contributed by atoms with E-state index in [9.17, 15) is 35.9 Å². The van der Waals surface area contributed by atoms with Crippen LogP contribution >= 0.6 is 0 Å². The fraction of sp³-hybridized carbons (Fsp3) is 0.346. The summed E-state index contributed by atoms with van der Waals surface area (Å²) in [5.74, 6) is -4.34. The van der Waals surface area contributed by atoms with Crippen LogP contribution in [0, 0.1) is 0 Å². The lowest BCUT2D eigenvalue weighted by molar-refractivity contribution is -0.137. The predicted octanol–water partition coefficient (Wildman–Crippen LogP) is 3.68. The first kappa shape index (κ1) is 31.1. The highest BCUT2D eigenvalue weighted by molar-refractivity contribution is 5.92. The number of halogens is 6. The van der Waals surface area contributed by atoms with Crippen LogP contribution in [0.25, 0.3) is 0 Å². The lowest BCUT2D eigenvalue weighted by atomic mass is 10.1. The van der Waals surface area contributed by atoms with Crippen molar-refractivity contribution in [2.45, 2.75) is 57.8 Å². The van der Waals surface area contributed by atoms with Gasteiger partial charge in [0.1, 0.15) is 6.17 Å². The zero-order valence-corrected chi connectivity index (χ0v) is 22.5. The molecule has 0 aliphatic rings. The molecule has 0 aliphatic heterocycles. The van der Waals surface area contributed by atoms with Crippen molar-refractivity contribution in [3.8, 4) is 0 Å². The monoisotopic (exact) mass is 609 g/mol. The molecule has 0 bridgehead atoms. The molecule has 11 nitrogen and oxygen atoms in total. The second kappa shape index (κ2) is 13.0. The van der Waals surface area contributed by atoms with E-state index in [1.807, 2.05) is 0 Å². The zero-order valence-electron chi connectivity index (χ0n) is 22.5. The van der Waals surface area contributed by atoms with E-state index in [-0.39, 0.29) is 55.2 Å². The second-order valence-corrected chi connectivity index (χ2v) is 9.57. The van der Waals surface area contributed by atoms with E-state index in [1.54, 1.807) is 6.07 Å². The average molecular weight is 610 g/mol. The molecule has 0 aliphatic carbocycles. The summed E-state index contributed by atoms with van der Waals surface area (Å²) in [6, 6.07) is 7.27. The number of nitrogens with zero attached hydrogens (tertiary/aromatic N) is 7. The minimum absolute atomic E-state index is 0.0117. The van der Waals surface area contributed by atoms with Crippen LogP contribution in [-0.4, -0.2) is 53.0 Å². The van der Waals surface area contributed by atoms with E-state index in [1.165, 1.54) is 35.3 Å². The van der Waals surface area contributed by atoms with E-state index < -0.39 is 35.6 Å². The Labute approximate surface area is 240 Å². The van der Waals surface area contributed by atoms with Gasteiger partial charge in [0, 0.05) is 38.2 Å². The van der Waals surface area contributed by atoms with Gasteiger partial charge in [-0.15, -0.1) is 10.2 Å². The number of amides is 2. The Morgan fingerprint density at radius 2 is 1.53 bits per heavy atom. The molecule has 4 aromatic rings. The maximum atomic E-state index is 14.6. The van der Waals surface area contributed by atoms with Crippen LogP contribution in [0.15, 0.2) is 55.0 Å². The molecule has 3 heterocycles. The van der Waals surface area contributed by atoms with Crippen LogP contribution in [0.1, 0.15) is 56.7 Å². The fourth-order valence-electron chi connectivity index (χ4n) is 3.81. The third-order valence-corrected chi connectivity index (χ3v) is 6.06. The summed E-state index contributed by atoms with van der Waals surface area (Å²) in [4.78, 5) is 28.5. The number of alkyl halides is 6. The molecule has 2 amide bonds. The molecule has 0 saturated carbocycles. The van der Waals surface area contributed by atoms with Crippen molar-refractivity contribution < 1.29 is 35.9 Å². The van der Waals surface area contributed by atoms with E-state index in [2.05, 4.69) is 36.2 Å². The van der Waals surface area contributed by atoms with Gasteiger partial charge >= 0.3 is 6.18 Å². The summed E-state index contributed by atoms with van der Waals surface area (Å²) in [5, 5.41) is 19.9. The van der Waals surface area contributed by atoms with Crippen LogP contribution in [0.4, 0.5) is 26.3 Å². The fourth-order valence-corrected chi connectivity index (χ4v) is 3.81. The molecule has 1 atom stereocenters. The van der Waals surface area contributed by atoms with Crippen molar-refractivity contribution >= 4 is 11.8 Å². The molecule has 1 unspecified atom stereocenters. The highest BCUT2D eigenvalue weighted by Gasteiger charge is 2.30. The molecule has 2 N–H and O–H groups in total. The van der Waals surface area contributed by atoms with Gasteiger partial charge in [0.25, 0.3) is 17.7 Å². The molecule has 0 spiro atoms. The van der Waals surface area contributed by atoms with Crippen molar-refractivity contribution in [3.05, 3.63) is 88.8 Å². The zero-order chi connectivity index (χ0) is 31.2. The molecule has 43 heavy (non-hydrogen) atoms. The highest BCUT2D eigenvalue weighted by Crippen LogP contribution is 2.29. The summed E-state index contributed by atoms with van der Waals surface area (Å²) in [5.41, 5.74) is -0.824. The quantitative estimate of drug-likeness (QED) is 0.234. The van der Waals surface area contributed by atoms with E-state index in [0.29, 0.717) is 5.56 Å². The Morgan fingerprint density at radius 3 is 2.21 bits per heavy atom. The molecule has 0 saturated heterocycles. The number of pyridine rings is 1. The Kier molecular flexibility index (Phi) is 9.40. The minimum atomic E-state index is -4.55. The number of carbonyl (C=O) groups is 2. The molecule has 4 rings (SSSR count). The number of aromatic nitrogens is 7. The molecular weight excluding hydrogens is 584 g/mol. The van der Waals surface area contributed by atoms with Crippen LogP contribution < -0.4 is 10.6 Å². The lowest BCUT2D eigenvalue weighted by Gasteiger charge is -2.12. The molecule has 17 heteroatoms. The summed E-state index contributed by atoms with van der Waals surface area (Å²) >= 11 is 0. The van der Waals surface area contributed by atoms with Gasteiger partial charge < -0.3 is 10.6 Å². The van der Waals surface area contributed by atoms with Gasteiger partial charge in [0.15, 0.2) is 11.4 Å². The number of aryl methyl sites for hydroxylation is 1. The number of hydrogen-bond donors (Lipinski definition) is 2. The van der Waals surface area contributed by atoms with Gasteiger partial charge in [-0.25, -0.2) is 17.9 Å². The molecule has 0 fully saturated rings. The van der Waals surface area contributed by atoms with E-state index >= 15 is 0 Å². The molecule has 3 aromatic heterocycles. The number of nitrogens with one attached hydrogen (secondary N) is 2. The number of benzene rings is 1. The maximum absolute atomic E-state index is 14.6. The Balaban J connectivity index is 1.21.